The summed E-state index contributed by atoms with van der Waals surface area (Å²) in [6, 6.07) is 25.3. The lowest BCUT2D eigenvalue weighted by Gasteiger charge is -2.34. The molecule has 0 spiro atoms. The van der Waals surface area contributed by atoms with Gasteiger partial charge >= 0.3 is 5.51 Å². The van der Waals surface area contributed by atoms with Crippen molar-refractivity contribution in [2.45, 2.75) is 42.4 Å². The van der Waals surface area contributed by atoms with Gasteiger partial charge in [0, 0.05) is 30.4 Å². The van der Waals surface area contributed by atoms with Gasteiger partial charge in [-0.05, 0) is 47.5 Å². The predicted molar refractivity (Wildman–Crippen MR) is 144 cm³/mol. The zero-order valence-corrected chi connectivity index (χ0v) is 21.5. The van der Waals surface area contributed by atoms with Crippen LogP contribution in [0, 0.1) is 0 Å². The summed E-state index contributed by atoms with van der Waals surface area (Å²) in [4.78, 5) is 21.0. The molecule has 4 aromatic rings. The van der Waals surface area contributed by atoms with Crippen molar-refractivity contribution in [3.8, 4) is 0 Å². The quantitative estimate of drug-likeness (QED) is 0.298. The molecule has 0 amide bonds. The van der Waals surface area contributed by atoms with Crippen LogP contribution in [0.1, 0.15) is 47.0 Å². The van der Waals surface area contributed by atoms with Gasteiger partial charge in [-0.1, -0.05) is 72.8 Å². The Kier molecular flexibility index (Phi) is 7.32. The summed E-state index contributed by atoms with van der Waals surface area (Å²) in [6.07, 6.45) is 0.559. The number of thioether (sulfide) groups is 1. The second kappa shape index (κ2) is 10.7. The van der Waals surface area contributed by atoms with Gasteiger partial charge < -0.3 is 5.73 Å². The van der Waals surface area contributed by atoms with Crippen molar-refractivity contribution in [1.29, 1.82) is 0 Å². The fourth-order valence-electron chi connectivity index (χ4n) is 5.03. The SMILES string of the molecule is CC(c1ccc(SC(F)(F)F)cc1)N1CCc2nc(N)n(C(c3ccccc3)c3ccccc3)c(=O)c2C1. The lowest BCUT2D eigenvalue weighted by atomic mass is 9.97. The van der Waals surface area contributed by atoms with E-state index in [1.54, 1.807) is 16.7 Å². The molecule has 1 atom stereocenters. The van der Waals surface area contributed by atoms with Crippen molar-refractivity contribution in [3.05, 3.63) is 123 Å². The minimum Gasteiger partial charge on any atom is -0.369 e. The normalized spacial score (nSPS) is 14.9. The zero-order chi connectivity index (χ0) is 26.9. The third-order valence-electron chi connectivity index (χ3n) is 6.95. The molecule has 2 N–H and O–H groups in total. The van der Waals surface area contributed by atoms with Crippen molar-refractivity contribution >= 4 is 17.7 Å². The Morgan fingerprint density at radius 2 is 1.47 bits per heavy atom. The molecule has 5 rings (SSSR count). The van der Waals surface area contributed by atoms with Gasteiger partial charge in [-0.2, -0.15) is 13.2 Å². The molecule has 38 heavy (non-hydrogen) atoms. The van der Waals surface area contributed by atoms with Gasteiger partial charge in [-0.15, -0.1) is 0 Å². The van der Waals surface area contributed by atoms with Crippen LogP contribution in [0.15, 0.2) is 94.6 Å². The minimum absolute atomic E-state index is 0.0995. The Morgan fingerprint density at radius 3 is 2.03 bits per heavy atom. The number of hydrogen-bond donors (Lipinski definition) is 1. The first-order valence-electron chi connectivity index (χ1n) is 12.3. The largest absolute Gasteiger partial charge is 0.446 e. The summed E-state index contributed by atoms with van der Waals surface area (Å²) in [5, 5.41) is 0. The van der Waals surface area contributed by atoms with E-state index < -0.39 is 11.6 Å². The fourth-order valence-corrected chi connectivity index (χ4v) is 5.57. The topological polar surface area (TPSA) is 64.2 Å². The number of fused-ring (bicyclic) bond motifs is 1. The van der Waals surface area contributed by atoms with Crippen LogP contribution in [-0.2, 0) is 13.0 Å². The van der Waals surface area contributed by atoms with E-state index in [0.29, 0.717) is 30.8 Å². The second-order valence-corrected chi connectivity index (χ2v) is 10.4. The molecule has 0 radical (unpaired) electrons. The zero-order valence-electron chi connectivity index (χ0n) is 20.7. The Balaban J connectivity index is 1.48. The van der Waals surface area contributed by atoms with E-state index in [-0.39, 0.29) is 34.2 Å². The summed E-state index contributed by atoms with van der Waals surface area (Å²) in [5.74, 6) is 0.172. The monoisotopic (exact) mass is 536 g/mol. The van der Waals surface area contributed by atoms with E-state index in [4.69, 9.17) is 5.73 Å². The van der Waals surface area contributed by atoms with Gasteiger partial charge in [0.2, 0.25) is 5.95 Å². The summed E-state index contributed by atoms with van der Waals surface area (Å²) < 4.78 is 39.7. The Hall–Kier alpha value is -3.56. The fraction of sp³-hybridized carbons (Fsp3) is 0.241. The van der Waals surface area contributed by atoms with Crippen molar-refractivity contribution in [2.24, 2.45) is 0 Å². The van der Waals surface area contributed by atoms with Gasteiger partial charge in [-0.3, -0.25) is 14.3 Å². The number of nitrogens with two attached hydrogens (primary N) is 1. The molecule has 1 unspecified atom stereocenters. The highest BCUT2D eigenvalue weighted by Crippen LogP contribution is 2.37. The Labute approximate surface area is 223 Å². The number of aromatic nitrogens is 2. The first kappa shape index (κ1) is 26.1. The number of nitrogens with zero attached hydrogens (tertiary/aromatic N) is 3. The molecule has 196 valence electrons. The number of nitrogen functional groups attached to an aromatic ring is 1. The summed E-state index contributed by atoms with van der Waals surface area (Å²) in [6.45, 7) is 3.03. The van der Waals surface area contributed by atoms with Gasteiger partial charge in [-0.25, -0.2) is 4.98 Å². The Morgan fingerprint density at radius 1 is 0.895 bits per heavy atom. The van der Waals surface area contributed by atoms with E-state index in [1.807, 2.05) is 67.6 Å². The van der Waals surface area contributed by atoms with E-state index >= 15 is 0 Å². The van der Waals surface area contributed by atoms with Crippen LogP contribution in [0.2, 0.25) is 0 Å². The number of rotatable bonds is 6. The highest BCUT2D eigenvalue weighted by molar-refractivity contribution is 8.00. The maximum Gasteiger partial charge on any atom is 0.446 e. The van der Waals surface area contributed by atoms with Crippen molar-refractivity contribution in [1.82, 2.24) is 14.5 Å². The molecule has 1 aliphatic heterocycles. The van der Waals surface area contributed by atoms with Crippen molar-refractivity contribution in [3.63, 3.8) is 0 Å². The van der Waals surface area contributed by atoms with Crippen LogP contribution in [0.5, 0.6) is 0 Å². The lowest BCUT2D eigenvalue weighted by Crippen LogP contribution is -2.41. The summed E-state index contributed by atoms with van der Waals surface area (Å²) >= 11 is -0.127. The Bertz CT molecular complexity index is 1420. The molecular formula is C29H27F3N4OS. The number of benzene rings is 3. The lowest BCUT2D eigenvalue weighted by molar-refractivity contribution is -0.0328. The van der Waals surface area contributed by atoms with E-state index in [0.717, 1.165) is 16.7 Å². The van der Waals surface area contributed by atoms with Crippen molar-refractivity contribution < 1.29 is 13.2 Å². The first-order chi connectivity index (χ1) is 18.2. The molecule has 0 saturated heterocycles. The van der Waals surface area contributed by atoms with Gasteiger partial charge in [0.05, 0.1) is 17.3 Å². The molecule has 1 aliphatic rings. The maximum absolute atomic E-state index is 14.0. The van der Waals surface area contributed by atoms with E-state index in [9.17, 15) is 18.0 Å². The highest BCUT2D eigenvalue weighted by Gasteiger charge is 2.31. The third kappa shape index (κ3) is 5.49. The van der Waals surface area contributed by atoms with Crippen LogP contribution < -0.4 is 11.3 Å². The van der Waals surface area contributed by atoms with Crippen LogP contribution in [0.25, 0.3) is 0 Å². The summed E-state index contributed by atoms with van der Waals surface area (Å²) in [7, 11) is 0. The van der Waals surface area contributed by atoms with Gasteiger partial charge in [0.15, 0.2) is 0 Å². The van der Waals surface area contributed by atoms with Crippen LogP contribution in [0.4, 0.5) is 19.1 Å². The number of alkyl halides is 3. The van der Waals surface area contributed by atoms with Crippen LogP contribution in [-0.4, -0.2) is 26.5 Å². The third-order valence-corrected chi connectivity index (χ3v) is 7.69. The standard InChI is InChI=1S/C29H27F3N4OS/c1-19(20-12-14-23(15-13-20)38-29(30,31)32)35-17-16-25-24(18-35)27(37)36(28(33)34-25)26(21-8-4-2-5-9-21)22-10-6-3-7-11-22/h2-15,19,26H,16-18H2,1H3,(H2,33,34). The molecule has 0 saturated carbocycles. The van der Waals surface area contributed by atoms with Gasteiger partial charge in [0.1, 0.15) is 0 Å². The number of anilines is 1. The number of hydrogen-bond acceptors (Lipinski definition) is 5. The summed E-state index contributed by atoms with van der Waals surface area (Å²) in [5.41, 5.74) is 5.94. The minimum atomic E-state index is -4.32. The molecule has 5 nitrogen and oxygen atoms in total. The highest BCUT2D eigenvalue weighted by atomic mass is 32.2. The molecule has 0 aliphatic carbocycles. The van der Waals surface area contributed by atoms with E-state index in [2.05, 4.69) is 9.88 Å². The molecule has 2 heterocycles. The van der Waals surface area contributed by atoms with Gasteiger partial charge in [0.25, 0.3) is 5.56 Å². The molecule has 1 aromatic heterocycles. The van der Waals surface area contributed by atoms with Crippen LogP contribution in [0.3, 0.4) is 0 Å². The smallest absolute Gasteiger partial charge is 0.369 e. The second-order valence-electron chi connectivity index (χ2n) is 9.31. The first-order valence-corrected chi connectivity index (χ1v) is 13.1. The van der Waals surface area contributed by atoms with Crippen LogP contribution >= 0.6 is 11.8 Å². The van der Waals surface area contributed by atoms with E-state index in [1.165, 1.54) is 12.1 Å². The molecule has 0 bridgehead atoms. The molecule has 3 aromatic carbocycles. The molecule has 0 fully saturated rings. The predicted octanol–water partition coefficient (Wildman–Crippen LogP) is 6.19. The molecular weight excluding hydrogens is 509 g/mol. The van der Waals surface area contributed by atoms with Crippen molar-refractivity contribution in [2.75, 3.05) is 12.3 Å². The average molecular weight is 537 g/mol. The number of halogens is 3. The maximum atomic E-state index is 14.0. The average Bonchev–Trinajstić information content (AvgIpc) is 2.91. The molecule has 9 heteroatoms.